The van der Waals surface area contributed by atoms with Crippen LogP contribution in [0, 0.1) is 19.7 Å². The fourth-order valence-corrected chi connectivity index (χ4v) is 4.00. The number of aromatic nitrogens is 2. The number of nitrogens with zero attached hydrogens (tertiary/aromatic N) is 3. The molecular formula is C22H21FN4O4. The summed E-state index contributed by atoms with van der Waals surface area (Å²) < 4.78 is 30.5. The molecule has 0 spiro atoms. The smallest absolute Gasteiger partial charge is 0.262 e. The van der Waals surface area contributed by atoms with E-state index < -0.39 is 0 Å². The molecule has 2 aliphatic heterocycles. The molecule has 0 fully saturated rings. The Morgan fingerprint density at radius 2 is 2.06 bits per heavy atom. The van der Waals surface area contributed by atoms with Crippen molar-refractivity contribution in [1.82, 2.24) is 10.1 Å². The largest absolute Gasteiger partial charge is 0.489 e. The molecule has 0 aliphatic carbocycles. The monoisotopic (exact) mass is 424 g/mol. The maximum atomic E-state index is 13.8. The molecule has 1 aromatic heterocycles. The lowest BCUT2D eigenvalue weighted by atomic mass is 10.0. The second-order valence-corrected chi connectivity index (χ2v) is 7.70. The number of anilines is 2. The van der Waals surface area contributed by atoms with Gasteiger partial charge in [-0.15, -0.1) is 0 Å². The number of fused-ring (bicyclic) bond motifs is 2. The van der Waals surface area contributed by atoms with Crippen LogP contribution in [0.15, 0.2) is 34.9 Å². The van der Waals surface area contributed by atoms with Crippen LogP contribution in [0.25, 0.3) is 0 Å². The van der Waals surface area contributed by atoms with E-state index in [1.165, 1.54) is 12.1 Å². The average molecular weight is 424 g/mol. The van der Waals surface area contributed by atoms with Gasteiger partial charge < -0.3 is 24.2 Å². The molecule has 2 aromatic carbocycles. The summed E-state index contributed by atoms with van der Waals surface area (Å²) >= 11 is 0. The van der Waals surface area contributed by atoms with Crippen molar-refractivity contribution in [3.8, 4) is 11.5 Å². The van der Waals surface area contributed by atoms with Gasteiger partial charge in [0.15, 0.2) is 12.4 Å². The molecule has 8 nitrogen and oxygen atoms in total. The number of hydrogen-bond donors (Lipinski definition) is 1. The lowest BCUT2D eigenvalue weighted by Crippen LogP contribution is -2.44. The molecule has 1 atom stereocenters. The van der Waals surface area contributed by atoms with Gasteiger partial charge in [-0.2, -0.15) is 4.98 Å². The third-order valence-corrected chi connectivity index (χ3v) is 5.59. The standard InChI is InChI=1S/C22H21FN4O4/c1-12-14(3-6-18-22(12)25-20(28)11-30-18)9-27-16(8-21-24-13(2)26-31-21)10-29-19-7-15(23)4-5-17(19)27/h3-7,16H,8-11H2,1-2H3,(H,25,28)/t16-/m0/s1. The van der Waals surface area contributed by atoms with E-state index in [9.17, 15) is 9.18 Å². The molecule has 160 valence electrons. The van der Waals surface area contributed by atoms with Crippen LogP contribution in [-0.2, 0) is 17.8 Å². The summed E-state index contributed by atoms with van der Waals surface area (Å²) in [5.41, 5.74) is 3.40. The van der Waals surface area contributed by atoms with Crippen LogP contribution in [0.1, 0.15) is 22.8 Å². The van der Waals surface area contributed by atoms with Gasteiger partial charge in [0.05, 0.1) is 23.8 Å². The highest BCUT2D eigenvalue weighted by Gasteiger charge is 2.31. The number of amides is 1. The molecule has 3 aromatic rings. The summed E-state index contributed by atoms with van der Waals surface area (Å²) in [7, 11) is 0. The van der Waals surface area contributed by atoms with E-state index in [1.54, 1.807) is 13.0 Å². The van der Waals surface area contributed by atoms with E-state index in [4.69, 9.17) is 14.0 Å². The van der Waals surface area contributed by atoms with Crippen molar-refractivity contribution in [1.29, 1.82) is 0 Å². The minimum Gasteiger partial charge on any atom is -0.489 e. The molecule has 0 radical (unpaired) electrons. The third-order valence-electron chi connectivity index (χ3n) is 5.59. The Balaban J connectivity index is 1.50. The zero-order valence-corrected chi connectivity index (χ0v) is 17.1. The van der Waals surface area contributed by atoms with Gasteiger partial charge in [0.25, 0.3) is 5.91 Å². The summed E-state index contributed by atoms with van der Waals surface area (Å²) in [5.74, 6) is 1.71. The molecule has 2 aliphatic rings. The van der Waals surface area contributed by atoms with Crippen LogP contribution in [0.4, 0.5) is 15.8 Å². The van der Waals surface area contributed by atoms with Crippen molar-refractivity contribution in [2.75, 3.05) is 23.4 Å². The van der Waals surface area contributed by atoms with Gasteiger partial charge in [-0.3, -0.25) is 4.79 Å². The van der Waals surface area contributed by atoms with E-state index in [2.05, 4.69) is 20.4 Å². The summed E-state index contributed by atoms with van der Waals surface area (Å²) in [4.78, 5) is 18.3. The first-order valence-corrected chi connectivity index (χ1v) is 10.0. The Morgan fingerprint density at radius 3 is 2.87 bits per heavy atom. The van der Waals surface area contributed by atoms with Crippen molar-refractivity contribution in [3.05, 3.63) is 59.0 Å². The SMILES string of the molecule is Cc1noc(C[C@H]2COc3cc(F)ccc3N2Cc2ccc3c(c2C)NC(=O)CO3)n1. The highest BCUT2D eigenvalue weighted by atomic mass is 19.1. The van der Waals surface area contributed by atoms with Crippen LogP contribution in [0.5, 0.6) is 11.5 Å². The molecule has 1 amide bonds. The lowest BCUT2D eigenvalue weighted by molar-refractivity contribution is -0.118. The highest BCUT2D eigenvalue weighted by molar-refractivity contribution is 5.96. The van der Waals surface area contributed by atoms with Crippen LogP contribution in [-0.4, -0.2) is 35.3 Å². The van der Waals surface area contributed by atoms with Crippen molar-refractivity contribution >= 4 is 17.3 Å². The Bertz CT molecular complexity index is 1160. The zero-order chi connectivity index (χ0) is 21.5. The number of ether oxygens (including phenoxy) is 2. The molecule has 9 heteroatoms. The Labute approximate surface area is 178 Å². The maximum absolute atomic E-state index is 13.8. The van der Waals surface area contributed by atoms with Gasteiger partial charge in [-0.05, 0) is 43.2 Å². The van der Waals surface area contributed by atoms with Crippen LogP contribution >= 0.6 is 0 Å². The number of nitrogens with one attached hydrogen (secondary N) is 1. The van der Waals surface area contributed by atoms with Crippen molar-refractivity contribution < 1.29 is 23.2 Å². The van der Waals surface area contributed by atoms with Crippen LogP contribution in [0.2, 0.25) is 0 Å². The number of hydrogen-bond acceptors (Lipinski definition) is 7. The number of aryl methyl sites for hydroxylation is 1. The first-order valence-electron chi connectivity index (χ1n) is 10.0. The lowest BCUT2D eigenvalue weighted by Gasteiger charge is -2.38. The predicted molar refractivity (Wildman–Crippen MR) is 110 cm³/mol. The minimum atomic E-state index is -0.352. The topological polar surface area (TPSA) is 89.7 Å². The van der Waals surface area contributed by atoms with Gasteiger partial charge in [-0.25, -0.2) is 4.39 Å². The quantitative estimate of drug-likeness (QED) is 0.688. The Kier molecular flexibility index (Phi) is 4.72. The fourth-order valence-electron chi connectivity index (χ4n) is 4.00. The van der Waals surface area contributed by atoms with E-state index in [0.29, 0.717) is 48.5 Å². The number of carbonyl (C=O) groups is 1. The molecule has 5 rings (SSSR count). The number of benzene rings is 2. The normalized spacial score (nSPS) is 17.3. The van der Waals surface area contributed by atoms with E-state index in [-0.39, 0.29) is 24.4 Å². The number of rotatable bonds is 4. The van der Waals surface area contributed by atoms with Crippen molar-refractivity contribution in [3.63, 3.8) is 0 Å². The summed E-state index contributed by atoms with van der Waals surface area (Å²) in [5, 5.41) is 6.76. The Morgan fingerprint density at radius 1 is 1.19 bits per heavy atom. The number of halogens is 1. The molecule has 0 unspecified atom stereocenters. The zero-order valence-electron chi connectivity index (χ0n) is 17.1. The molecule has 31 heavy (non-hydrogen) atoms. The predicted octanol–water partition coefficient (Wildman–Crippen LogP) is 3.17. The van der Waals surface area contributed by atoms with E-state index in [1.807, 2.05) is 19.1 Å². The molecule has 3 heterocycles. The summed E-state index contributed by atoms with van der Waals surface area (Å²) in [6.07, 6.45) is 0.488. The third kappa shape index (κ3) is 3.67. The maximum Gasteiger partial charge on any atom is 0.262 e. The second kappa shape index (κ2) is 7.57. The van der Waals surface area contributed by atoms with E-state index >= 15 is 0 Å². The van der Waals surface area contributed by atoms with Crippen molar-refractivity contribution in [2.24, 2.45) is 0 Å². The molecule has 0 saturated heterocycles. The molecule has 0 saturated carbocycles. The molecule has 0 bridgehead atoms. The Hall–Kier alpha value is -3.62. The van der Waals surface area contributed by atoms with Crippen molar-refractivity contribution in [2.45, 2.75) is 32.9 Å². The van der Waals surface area contributed by atoms with Gasteiger partial charge >= 0.3 is 0 Å². The number of carbonyl (C=O) groups excluding carboxylic acids is 1. The van der Waals surface area contributed by atoms with Crippen LogP contribution in [0.3, 0.4) is 0 Å². The minimum absolute atomic E-state index is 0.0138. The van der Waals surface area contributed by atoms with Gasteiger partial charge in [0.2, 0.25) is 5.89 Å². The van der Waals surface area contributed by atoms with Gasteiger partial charge in [0.1, 0.15) is 23.9 Å². The highest BCUT2D eigenvalue weighted by Crippen LogP contribution is 2.39. The molecular weight excluding hydrogens is 403 g/mol. The summed E-state index contributed by atoms with van der Waals surface area (Å²) in [6, 6.07) is 8.27. The molecule has 1 N–H and O–H groups in total. The fraction of sp³-hybridized carbons (Fsp3) is 0.318. The van der Waals surface area contributed by atoms with E-state index in [0.717, 1.165) is 16.8 Å². The van der Waals surface area contributed by atoms with Gasteiger partial charge in [-0.1, -0.05) is 11.2 Å². The first kappa shape index (κ1) is 19.3. The average Bonchev–Trinajstić information content (AvgIpc) is 3.16. The summed E-state index contributed by atoms with van der Waals surface area (Å²) in [6.45, 7) is 4.61. The second-order valence-electron chi connectivity index (χ2n) is 7.70. The first-order chi connectivity index (χ1) is 15.0. The van der Waals surface area contributed by atoms with Crippen LogP contribution < -0.4 is 19.7 Å². The van der Waals surface area contributed by atoms with Gasteiger partial charge in [0, 0.05) is 12.6 Å².